The minimum Gasteiger partial charge on any atom is -0.444 e. The van der Waals surface area contributed by atoms with E-state index in [-0.39, 0.29) is 12.1 Å². The molecule has 0 aromatic heterocycles. The van der Waals surface area contributed by atoms with Crippen molar-refractivity contribution in [3.63, 3.8) is 0 Å². The number of urea groups is 1. The summed E-state index contributed by atoms with van der Waals surface area (Å²) in [6, 6.07) is -0.153. The fourth-order valence-electron chi connectivity index (χ4n) is 0.968. The lowest BCUT2D eigenvalue weighted by Gasteiger charge is -2.19. The molecular formula is C11H23N3O3. The number of carbonyl (C=O) groups is 2. The highest BCUT2D eigenvalue weighted by atomic mass is 16.6. The van der Waals surface area contributed by atoms with Gasteiger partial charge in [-0.15, -0.1) is 0 Å². The van der Waals surface area contributed by atoms with Crippen molar-refractivity contribution in [1.82, 2.24) is 16.0 Å². The molecule has 0 saturated carbocycles. The second-order valence-electron chi connectivity index (χ2n) is 4.98. The van der Waals surface area contributed by atoms with E-state index in [0.717, 1.165) is 0 Å². The average molecular weight is 245 g/mol. The van der Waals surface area contributed by atoms with E-state index in [9.17, 15) is 9.59 Å². The Morgan fingerprint density at radius 2 is 1.65 bits per heavy atom. The van der Waals surface area contributed by atoms with Crippen molar-refractivity contribution < 1.29 is 14.3 Å². The lowest BCUT2D eigenvalue weighted by atomic mass is 10.2. The molecule has 0 radical (unpaired) electrons. The number of amides is 3. The van der Waals surface area contributed by atoms with Gasteiger partial charge < -0.3 is 20.7 Å². The minimum absolute atomic E-state index is 0.0915. The van der Waals surface area contributed by atoms with Crippen LogP contribution in [0.1, 0.15) is 34.6 Å². The second kappa shape index (κ2) is 6.98. The van der Waals surface area contributed by atoms with Gasteiger partial charge in [-0.05, 0) is 34.6 Å². The minimum atomic E-state index is -0.507. The third-order valence-electron chi connectivity index (χ3n) is 1.50. The first-order chi connectivity index (χ1) is 7.70. The van der Waals surface area contributed by atoms with Crippen molar-refractivity contribution in [1.29, 1.82) is 0 Å². The Hall–Kier alpha value is -1.46. The van der Waals surface area contributed by atoms with Gasteiger partial charge in [-0.2, -0.15) is 0 Å². The molecule has 17 heavy (non-hydrogen) atoms. The van der Waals surface area contributed by atoms with Gasteiger partial charge in [0.1, 0.15) is 5.60 Å². The van der Waals surface area contributed by atoms with Crippen molar-refractivity contribution >= 4 is 12.1 Å². The molecule has 0 aromatic rings. The fourth-order valence-corrected chi connectivity index (χ4v) is 0.968. The van der Waals surface area contributed by atoms with E-state index < -0.39 is 11.7 Å². The molecular weight excluding hydrogens is 222 g/mol. The van der Waals surface area contributed by atoms with Crippen LogP contribution < -0.4 is 16.0 Å². The quantitative estimate of drug-likeness (QED) is 0.651. The predicted molar refractivity (Wildman–Crippen MR) is 65.9 cm³/mol. The Balaban J connectivity index is 3.58. The monoisotopic (exact) mass is 245 g/mol. The third kappa shape index (κ3) is 10.8. The van der Waals surface area contributed by atoms with E-state index in [0.29, 0.717) is 13.1 Å². The van der Waals surface area contributed by atoms with Crippen LogP contribution in [-0.2, 0) is 4.74 Å². The normalized spacial score (nSPS) is 10.9. The first kappa shape index (κ1) is 15.5. The van der Waals surface area contributed by atoms with Crippen LogP contribution >= 0.6 is 0 Å². The van der Waals surface area contributed by atoms with Gasteiger partial charge in [-0.3, -0.25) is 0 Å². The summed E-state index contributed by atoms with van der Waals surface area (Å²) in [5, 5.41) is 7.83. The summed E-state index contributed by atoms with van der Waals surface area (Å²) >= 11 is 0. The Labute approximate surface area is 102 Å². The zero-order valence-electron chi connectivity index (χ0n) is 11.2. The van der Waals surface area contributed by atoms with Crippen LogP contribution in [0.4, 0.5) is 9.59 Å². The fraction of sp³-hybridized carbons (Fsp3) is 0.818. The number of rotatable bonds is 4. The number of hydrogen-bond acceptors (Lipinski definition) is 3. The molecule has 6 heteroatoms. The Kier molecular flexibility index (Phi) is 6.38. The molecule has 0 spiro atoms. The van der Waals surface area contributed by atoms with E-state index in [1.165, 1.54) is 0 Å². The van der Waals surface area contributed by atoms with Gasteiger partial charge in [-0.1, -0.05) is 0 Å². The lowest BCUT2D eigenvalue weighted by molar-refractivity contribution is 0.0528. The number of nitrogens with one attached hydrogen (secondary N) is 3. The van der Waals surface area contributed by atoms with E-state index in [4.69, 9.17) is 4.74 Å². The molecule has 0 rings (SSSR count). The van der Waals surface area contributed by atoms with Gasteiger partial charge in [0, 0.05) is 19.1 Å². The number of alkyl carbamates (subject to hydrolysis) is 1. The third-order valence-corrected chi connectivity index (χ3v) is 1.50. The second-order valence-corrected chi connectivity index (χ2v) is 4.98. The molecule has 0 aliphatic heterocycles. The van der Waals surface area contributed by atoms with Crippen molar-refractivity contribution in [2.24, 2.45) is 0 Å². The van der Waals surface area contributed by atoms with Gasteiger partial charge in [0.05, 0.1) is 0 Å². The maximum atomic E-state index is 11.2. The predicted octanol–water partition coefficient (Wildman–Crippen LogP) is 1.22. The van der Waals surface area contributed by atoms with Crippen molar-refractivity contribution in [2.75, 3.05) is 13.1 Å². The van der Waals surface area contributed by atoms with Crippen LogP contribution in [-0.4, -0.2) is 36.9 Å². The number of hydrogen-bond donors (Lipinski definition) is 3. The maximum Gasteiger partial charge on any atom is 0.407 e. The molecule has 0 heterocycles. The first-order valence-electron chi connectivity index (χ1n) is 5.72. The topological polar surface area (TPSA) is 79.5 Å². The summed E-state index contributed by atoms with van der Waals surface area (Å²) in [7, 11) is 0. The van der Waals surface area contributed by atoms with Crippen LogP contribution in [0.2, 0.25) is 0 Å². The van der Waals surface area contributed by atoms with E-state index in [1.807, 2.05) is 13.8 Å². The molecule has 0 aliphatic carbocycles. The number of carbonyl (C=O) groups excluding carboxylic acids is 2. The Morgan fingerprint density at radius 1 is 1.12 bits per heavy atom. The van der Waals surface area contributed by atoms with Crippen molar-refractivity contribution in [3.8, 4) is 0 Å². The van der Waals surface area contributed by atoms with Crippen molar-refractivity contribution in [3.05, 3.63) is 0 Å². The Morgan fingerprint density at radius 3 is 2.12 bits per heavy atom. The van der Waals surface area contributed by atoms with Gasteiger partial charge in [0.25, 0.3) is 0 Å². The zero-order valence-corrected chi connectivity index (χ0v) is 11.2. The summed E-state index contributed by atoms with van der Waals surface area (Å²) < 4.78 is 5.03. The molecule has 0 bridgehead atoms. The lowest BCUT2D eigenvalue weighted by Crippen LogP contribution is -2.43. The van der Waals surface area contributed by atoms with Gasteiger partial charge in [0.2, 0.25) is 0 Å². The zero-order chi connectivity index (χ0) is 13.5. The molecule has 0 fully saturated rings. The van der Waals surface area contributed by atoms with E-state index >= 15 is 0 Å². The van der Waals surface area contributed by atoms with Crippen LogP contribution in [0.25, 0.3) is 0 Å². The molecule has 0 aliphatic rings. The molecule has 6 nitrogen and oxygen atoms in total. The molecule has 0 saturated heterocycles. The average Bonchev–Trinajstić information content (AvgIpc) is 2.08. The summed E-state index contributed by atoms with van der Waals surface area (Å²) in [5.41, 5.74) is -0.507. The van der Waals surface area contributed by atoms with Crippen LogP contribution in [0.15, 0.2) is 0 Å². The summed E-state index contributed by atoms with van der Waals surface area (Å²) in [4.78, 5) is 22.4. The maximum absolute atomic E-state index is 11.2. The van der Waals surface area contributed by atoms with Gasteiger partial charge >= 0.3 is 12.1 Å². The van der Waals surface area contributed by atoms with Crippen LogP contribution in [0.3, 0.4) is 0 Å². The van der Waals surface area contributed by atoms with E-state index in [2.05, 4.69) is 16.0 Å². The highest BCUT2D eigenvalue weighted by Gasteiger charge is 2.15. The molecule has 3 N–H and O–H groups in total. The molecule has 0 aromatic carbocycles. The smallest absolute Gasteiger partial charge is 0.407 e. The summed E-state index contributed by atoms with van der Waals surface area (Å²) in [5.74, 6) is 0. The molecule has 0 unspecified atom stereocenters. The van der Waals surface area contributed by atoms with Gasteiger partial charge in [-0.25, -0.2) is 9.59 Å². The van der Waals surface area contributed by atoms with Crippen LogP contribution in [0.5, 0.6) is 0 Å². The Bertz CT molecular complexity index is 259. The van der Waals surface area contributed by atoms with Crippen molar-refractivity contribution in [2.45, 2.75) is 46.3 Å². The molecule has 0 atom stereocenters. The highest BCUT2D eigenvalue weighted by Crippen LogP contribution is 2.05. The highest BCUT2D eigenvalue weighted by molar-refractivity contribution is 5.74. The molecule has 100 valence electrons. The SMILES string of the molecule is CC(C)NC(=O)NCCNC(=O)OC(C)(C)C. The standard InChI is InChI=1S/C11H23N3O3/c1-8(2)14-9(15)12-6-7-13-10(16)17-11(3,4)5/h8H,6-7H2,1-5H3,(H,13,16)(H2,12,14,15). The van der Waals surface area contributed by atoms with Gasteiger partial charge in [0.15, 0.2) is 0 Å². The van der Waals surface area contributed by atoms with Crippen LogP contribution in [0, 0.1) is 0 Å². The molecule has 3 amide bonds. The summed E-state index contributed by atoms with van der Waals surface area (Å²) in [6.45, 7) is 9.82. The first-order valence-corrected chi connectivity index (χ1v) is 5.72. The summed E-state index contributed by atoms with van der Waals surface area (Å²) in [6.07, 6.45) is -0.483. The van der Waals surface area contributed by atoms with E-state index in [1.54, 1.807) is 20.8 Å². The number of ether oxygens (including phenoxy) is 1. The largest absolute Gasteiger partial charge is 0.444 e.